The van der Waals surface area contributed by atoms with Gasteiger partial charge in [0.15, 0.2) is 0 Å². The summed E-state index contributed by atoms with van der Waals surface area (Å²) in [6.45, 7) is 24.5. The van der Waals surface area contributed by atoms with E-state index in [-0.39, 0.29) is 0 Å². The van der Waals surface area contributed by atoms with Gasteiger partial charge in [0, 0.05) is 18.7 Å². The Labute approximate surface area is 196 Å². The van der Waals surface area contributed by atoms with Crippen LogP contribution in [-0.2, 0) is 4.74 Å². The minimum Gasteiger partial charge on any atom is -0.378 e. The van der Waals surface area contributed by atoms with E-state index in [2.05, 4.69) is 65.2 Å². The summed E-state index contributed by atoms with van der Waals surface area (Å²) in [6, 6.07) is 1.56. The lowest BCUT2D eigenvalue weighted by molar-refractivity contribution is 0.0758. The molecule has 186 valence electrons. The van der Waals surface area contributed by atoms with Crippen LogP contribution in [0.3, 0.4) is 0 Å². The minimum atomic E-state index is 0.565. The molecule has 4 fully saturated rings. The lowest BCUT2D eigenvalue weighted by Crippen LogP contribution is -2.41. The first kappa shape index (κ1) is 28.9. The molecule has 31 heavy (non-hydrogen) atoms. The third-order valence-electron chi connectivity index (χ3n) is 7.54. The molecule has 0 aromatic heterocycles. The summed E-state index contributed by atoms with van der Waals surface area (Å²) in [5.41, 5.74) is 0. The van der Waals surface area contributed by atoms with Gasteiger partial charge in [0.2, 0.25) is 0 Å². The van der Waals surface area contributed by atoms with Crippen molar-refractivity contribution in [2.24, 2.45) is 17.8 Å². The Morgan fingerprint density at radius 2 is 1.03 bits per heavy atom. The second kappa shape index (κ2) is 16.5. The number of ether oxygens (including phenoxy) is 1. The van der Waals surface area contributed by atoms with Gasteiger partial charge in [-0.05, 0) is 104 Å². The highest BCUT2D eigenvalue weighted by Gasteiger charge is 2.18. The SMILES string of the molecule is CC(C)C1CCCC1.CC(C)C1CCCO1.CC(C)N1CCC1.CC(C)N1CCCC1. The zero-order valence-electron chi connectivity index (χ0n) is 22.7. The summed E-state index contributed by atoms with van der Waals surface area (Å²) in [6.07, 6.45) is 13.3. The van der Waals surface area contributed by atoms with Crippen molar-refractivity contribution in [2.75, 3.05) is 32.8 Å². The van der Waals surface area contributed by atoms with Crippen molar-refractivity contribution >= 4 is 0 Å². The molecule has 0 spiro atoms. The molecule has 0 bridgehead atoms. The Bertz CT molecular complexity index is 352. The van der Waals surface area contributed by atoms with Gasteiger partial charge in [-0.2, -0.15) is 0 Å². The molecule has 3 saturated heterocycles. The van der Waals surface area contributed by atoms with Crippen molar-refractivity contribution in [3.8, 4) is 0 Å². The third kappa shape index (κ3) is 12.6. The van der Waals surface area contributed by atoms with Gasteiger partial charge in [-0.25, -0.2) is 0 Å². The van der Waals surface area contributed by atoms with Crippen LogP contribution in [0.5, 0.6) is 0 Å². The topological polar surface area (TPSA) is 15.7 Å². The molecule has 1 atom stereocenters. The van der Waals surface area contributed by atoms with Crippen LogP contribution in [0, 0.1) is 17.8 Å². The molecule has 1 unspecified atom stereocenters. The van der Waals surface area contributed by atoms with E-state index in [0.29, 0.717) is 6.10 Å². The molecule has 0 N–H and O–H groups in total. The Morgan fingerprint density at radius 1 is 0.548 bits per heavy atom. The van der Waals surface area contributed by atoms with Crippen molar-refractivity contribution in [3.05, 3.63) is 0 Å². The molecule has 0 radical (unpaired) electrons. The summed E-state index contributed by atoms with van der Waals surface area (Å²) in [4.78, 5) is 5.00. The first-order valence-electron chi connectivity index (χ1n) is 13.8. The fourth-order valence-electron chi connectivity index (χ4n) is 4.87. The monoisotopic (exact) mass is 438 g/mol. The lowest BCUT2D eigenvalue weighted by atomic mass is 9.95. The molecule has 0 aromatic carbocycles. The molecule has 0 aromatic rings. The van der Waals surface area contributed by atoms with Crippen molar-refractivity contribution < 1.29 is 4.74 Å². The maximum Gasteiger partial charge on any atom is 0.0598 e. The van der Waals surface area contributed by atoms with Crippen molar-refractivity contribution in [2.45, 2.75) is 131 Å². The number of nitrogens with zero attached hydrogens (tertiary/aromatic N) is 2. The van der Waals surface area contributed by atoms with Crippen LogP contribution in [-0.4, -0.2) is 60.8 Å². The predicted molar refractivity (Wildman–Crippen MR) is 138 cm³/mol. The van der Waals surface area contributed by atoms with E-state index in [1.807, 2.05) is 0 Å². The summed E-state index contributed by atoms with van der Waals surface area (Å²) in [7, 11) is 0. The van der Waals surface area contributed by atoms with Gasteiger partial charge in [-0.1, -0.05) is 53.4 Å². The molecule has 1 saturated carbocycles. The van der Waals surface area contributed by atoms with Gasteiger partial charge >= 0.3 is 0 Å². The summed E-state index contributed by atoms with van der Waals surface area (Å²) < 4.78 is 5.41. The molecular weight excluding hydrogens is 380 g/mol. The standard InChI is InChI=1S/C8H16.C7H15N.C7H14O.C6H13N/c2*1-7(2)8-5-3-4-6-8;1-6(2)7-4-3-5-8-7;1-6(2)7-4-3-5-7/h7-8H,3-6H2,1-2H3;7H,3-6H2,1-2H3;6-7H,3-5H2,1-2H3;6H,3-5H2,1-2H3. The van der Waals surface area contributed by atoms with Crippen LogP contribution in [0.4, 0.5) is 0 Å². The van der Waals surface area contributed by atoms with Crippen LogP contribution in [0.15, 0.2) is 0 Å². The minimum absolute atomic E-state index is 0.565. The fourth-order valence-corrected chi connectivity index (χ4v) is 4.87. The maximum atomic E-state index is 5.41. The number of hydrogen-bond acceptors (Lipinski definition) is 3. The lowest BCUT2D eigenvalue weighted by Gasteiger charge is -2.34. The Hall–Kier alpha value is -0.120. The largest absolute Gasteiger partial charge is 0.378 e. The van der Waals surface area contributed by atoms with E-state index in [1.165, 1.54) is 84.0 Å². The Balaban J connectivity index is 0.000000207. The highest BCUT2D eigenvalue weighted by atomic mass is 16.5. The van der Waals surface area contributed by atoms with Crippen molar-refractivity contribution in [1.29, 1.82) is 0 Å². The van der Waals surface area contributed by atoms with Gasteiger partial charge < -0.3 is 14.5 Å². The van der Waals surface area contributed by atoms with Crippen LogP contribution in [0.2, 0.25) is 0 Å². The molecular formula is C28H58N2O. The first-order valence-corrected chi connectivity index (χ1v) is 13.8. The van der Waals surface area contributed by atoms with Crippen LogP contribution < -0.4 is 0 Å². The van der Waals surface area contributed by atoms with Gasteiger partial charge in [0.25, 0.3) is 0 Å². The third-order valence-corrected chi connectivity index (χ3v) is 7.54. The number of likely N-dealkylation sites (tertiary alicyclic amines) is 2. The molecule has 4 rings (SSSR count). The van der Waals surface area contributed by atoms with E-state index in [1.54, 1.807) is 0 Å². The fraction of sp³-hybridized carbons (Fsp3) is 1.00. The van der Waals surface area contributed by atoms with Crippen molar-refractivity contribution in [3.63, 3.8) is 0 Å². The van der Waals surface area contributed by atoms with Crippen LogP contribution in [0.25, 0.3) is 0 Å². The molecule has 3 nitrogen and oxygen atoms in total. The summed E-state index contributed by atoms with van der Waals surface area (Å²) >= 11 is 0. The second-order valence-electron chi connectivity index (χ2n) is 11.4. The number of rotatable bonds is 4. The molecule has 3 aliphatic heterocycles. The predicted octanol–water partition coefficient (Wildman–Crippen LogP) is 7.25. The molecule has 4 aliphatic rings. The Morgan fingerprint density at radius 3 is 1.23 bits per heavy atom. The van der Waals surface area contributed by atoms with E-state index in [9.17, 15) is 0 Å². The maximum absolute atomic E-state index is 5.41. The van der Waals surface area contributed by atoms with Crippen LogP contribution in [0.1, 0.15) is 113 Å². The Kier molecular flexibility index (Phi) is 15.4. The van der Waals surface area contributed by atoms with Gasteiger partial charge in [-0.15, -0.1) is 0 Å². The normalized spacial score (nSPS) is 24.6. The molecule has 3 heteroatoms. The smallest absolute Gasteiger partial charge is 0.0598 e. The average Bonchev–Trinajstić information content (AvgIpc) is 3.45. The average molecular weight is 439 g/mol. The zero-order chi connectivity index (χ0) is 23.2. The van der Waals surface area contributed by atoms with E-state index in [4.69, 9.17) is 4.74 Å². The summed E-state index contributed by atoms with van der Waals surface area (Å²) in [5.74, 6) is 2.73. The molecule has 0 amide bonds. The molecule has 3 heterocycles. The van der Waals surface area contributed by atoms with E-state index >= 15 is 0 Å². The van der Waals surface area contributed by atoms with E-state index in [0.717, 1.165) is 36.4 Å². The zero-order valence-corrected chi connectivity index (χ0v) is 22.7. The highest BCUT2D eigenvalue weighted by Crippen LogP contribution is 2.30. The first-order chi connectivity index (χ1) is 14.7. The highest BCUT2D eigenvalue weighted by molar-refractivity contribution is 4.71. The van der Waals surface area contributed by atoms with Gasteiger partial charge in [-0.3, -0.25) is 0 Å². The quantitative estimate of drug-likeness (QED) is 0.460. The summed E-state index contributed by atoms with van der Waals surface area (Å²) in [5, 5.41) is 0. The van der Waals surface area contributed by atoms with Crippen LogP contribution >= 0.6 is 0 Å². The second-order valence-corrected chi connectivity index (χ2v) is 11.4. The molecule has 1 aliphatic carbocycles. The van der Waals surface area contributed by atoms with Gasteiger partial charge in [0.05, 0.1) is 6.10 Å². The number of hydrogen-bond donors (Lipinski definition) is 0. The van der Waals surface area contributed by atoms with E-state index < -0.39 is 0 Å². The van der Waals surface area contributed by atoms with Gasteiger partial charge in [0.1, 0.15) is 0 Å². The van der Waals surface area contributed by atoms with Crippen molar-refractivity contribution in [1.82, 2.24) is 9.80 Å².